The molecule has 1 N–H and O–H groups in total. The van der Waals surface area contributed by atoms with E-state index in [1.54, 1.807) is 36.7 Å². The van der Waals surface area contributed by atoms with E-state index < -0.39 is 0 Å². The van der Waals surface area contributed by atoms with Gasteiger partial charge in [-0.25, -0.2) is 9.37 Å². The van der Waals surface area contributed by atoms with Crippen LogP contribution in [0.15, 0.2) is 34.8 Å². The number of rotatable bonds is 4. The molecule has 2 rings (SSSR count). The van der Waals surface area contributed by atoms with Crippen molar-refractivity contribution in [2.75, 3.05) is 14.1 Å². The van der Waals surface area contributed by atoms with Crippen molar-refractivity contribution < 1.29 is 4.39 Å². The molecule has 2 aromatic rings. The lowest BCUT2D eigenvalue weighted by atomic mass is 10.2. The van der Waals surface area contributed by atoms with Crippen LogP contribution in [0.3, 0.4) is 0 Å². The maximum absolute atomic E-state index is 13.8. The minimum atomic E-state index is -0.315. The summed E-state index contributed by atoms with van der Waals surface area (Å²) >= 11 is 7.61. The normalized spacial score (nSPS) is 11.0. The first-order chi connectivity index (χ1) is 10.1. The van der Waals surface area contributed by atoms with Crippen LogP contribution in [0.5, 0.6) is 0 Å². The van der Waals surface area contributed by atoms with Gasteiger partial charge in [0.05, 0.1) is 6.54 Å². The van der Waals surface area contributed by atoms with E-state index in [0.29, 0.717) is 29.6 Å². The number of benzene rings is 1. The number of hydrogen-bond acceptors (Lipinski definition) is 3. The van der Waals surface area contributed by atoms with Gasteiger partial charge in [-0.2, -0.15) is 0 Å². The number of hydrogen-bond donors (Lipinski definition) is 1. The quantitative estimate of drug-likeness (QED) is 0.434. The molecular weight excluding hydrogens is 438 g/mol. The van der Waals surface area contributed by atoms with Crippen LogP contribution in [0.25, 0.3) is 0 Å². The summed E-state index contributed by atoms with van der Waals surface area (Å²) < 4.78 is 13.8. The van der Waals surface area contributed by atoms with E-state index in [0.717, 1.165) is 5.01 Å². The molecule has 0 atom stereocenters. The van der Waals surface area contributed by atoms with E-state index in [9.17, 15) is 4.39 Å². The van der Waals surface area contributed by atoms with E-state index in [1.807, 2.05) is 17.3 Å². The van der Waals surface area contributed by atoms with Crippen molar-refractivity contribution in [3.05, 3.63) is 51.2 Å². The first-order valence-corrected chi connectivity index (χ1v) is 7.60. The fourth-order valence-electron chi connectivity index (χ4n) is 1.88. The molecule has 0 aliphatic carbocycles. The molecule has 0 radical (unpaired) electrons. The zero-order chi connectivity index (χ0) is 15.2. The molecule has 1 heterocycles. The molecule has 8 heteroatoms. The molecule has 0 spiro atoms. The number of nitrogens with one attached hydrogen (secondary N) is 1. The topological polar surface area (TPSA) is 40.5 Å². The van der Waals surface area contributed by atoms with Crippen molar-refractivity contribution in [3.63, 3.8) is 0 Å². The molecule has 120 valence electrons. The summed E-state index contributed by atoms with van der Waals surface area (Å²) in [5.41, 5.74) is 0.457. The van der Waals surface area contributed by atoms with E-state index in [2.05, 4.69) is 15.3 Å². The molecular formula is C14H17ClFIN4S. The standard InChI is InChI=1S/C14H16ClFN4S.HI/c1-17-14(19-8-13-18-6-7-21-13)20(2)9-10-11(15)4-3-5-12(10)16;/h3-7H,8-9H2,1-2H3,(H,17,19);1H. The minimum absolute atomic E-state index is 0. The van der Waals surface area contributed by atoms with Crippen LogP contribution >= 0.6 is 46.9 Å². The zero-order valence-corrected chi connectivity index (χ0v) is 16.1. The third-order valence-electron chi connectivity index (χ3n) is 2.91. The lowest BCUT2D eigenvalue weighted by molar-refractivity contribution is 0.460. The molecule has 0 amide bonds. The molecule has 0 aliphatic heterocycles. The van der Waals surface area contributed by atoms with Gasteiger partial charge in [0, 0.05) is 42.8 Å². The highest BCUT2D eigenvalue weighted by Crippen LogP contribution is 2.20. The van der Waals surface area contributed by atoms with Gasteiger partial charge in [-0.05, 0) is 12.1 Å². The molecule has 0 unspecified atom stereocenters. The molecule has 22 heavy (non-hydrogen) atoms. The molecule has 0 aliphatic rings. The summed E-state index contributed by atoms with van der Waals surface area (Å²) in [6, 6.07) is 4.68. The number of aliphatic imine (C=N–C) groups is 1. The Bertz CT molecular complexity index is 601. The van der Waals surface area contributed by atoms with Crippen LogP contribution in [0.4, 0.5) is 4.39 Å². The Kier molecular flexibility index (Phi) is 8.05. The van der Waals surface area contributed by atoms with Crippen LogP contribution in [0, 0.1) is 5.82 Å². The van der Waals surface area contributed by atoms with Crippen molar-refractivity contribution in [1.29, 1.82) is 0 Å². The molecule has 0 fully saturated rings. The molecule has 1 aromatic carbocycles. The summed E-state index contributed by atoms with van der Waals surface area (Å²) in [6.45, 7) is 0.919. The van der Waals surface area contributed by atoms with Gasteiger partial charge in [-0.15, -0.1) is 35.3 Å². The first-order valence-electron chi connectivity index (χ1n) is 6.35. The van der Waals surface area contributed by atoms with Crippen molar-refractivity contribution in [2.45, 2.75) is 13.1 Å². The van der Waals surface area contributed by atoms with E-state index in [-0.39, 0.29) is 29.8 Å². The summed E-state index contributed by atoms with van der Waals surface area (Å²) in [5.74, 6) is 0.342. The average molecular weight is 455 g/mol. The minimum Gasteiger partial charge on any atom is -0.350 e. The highest BCUT2D eigenvalue weighted by molar-refractivity contribution is 14.0. The summed E-state index contributed by atoms with van der Waals surface area (Å²) in [6.07, 6.45) is 1.76. The second-order valence-corrected chi connectivity index (χ2v) is 5.77. The maximum atomic E-state index is 13.8. The van der Waals surface area contributed by atoms with Crippen molar-refractivity contribution >= 4 is 52.9 Å². The molecule has 0 saturated carbocycles. The van der Waals surface area contributed by atoms with E-state index >= 15 is 0 Å². The summed E-state index contributed by atoms with van der Waals surface area (Å²) in [7, 11) is 3.52. The van der Waals surface area contributed by atoms with Crippen molar-refractivity contribution in [1.82, 2.24) is 15.2 Å². The largest absolute Gasteiger partial charge is 0.350 e. The van der Waals surface area contributed by atoms with Gasteiger partial charge in [0.15, 0.2) is 5.96 Å². The lowest BCUT2D eigenvalue weighted by Crippen LogP contribution is -2.38. The smallest absolute Gasteiger partial charge is 0.194 e. The molecule has 1 aromatic heterocycles. The fourth-order valence-corrected chi connectivity index (χ4v) is 2.65. The van der Waals surface area contributed by atoms with Crippen LogP contribution in [-0.2, 0) is 13.1 Å². The summed E-state index contributed by atoms with van der Waals surface area (Å²) in [5, 5.41) is 6.49. The van der Waals surface area contributed by atoms with Crippen LogP contribution in [0.1, 0.15) is 10.6 Å². The molecule has 0 bridgehead atoms. The number of guanidine groups is 1. The van der Waals surface area contributed by atoms with Crippen LogP contribution in [0.2, 0.25) is 5.02 Å². The predicted molar refractivity (Wildman–Crippen MR) is 101 cm³/mol. The van der Waals surface area contributed by atoms with E-state index in [4.69, 9.17) is 11.6 Å². The number of aromatic nitrogens is 1. The van der Waals surface area contributed by atoms with Crippen LogP contribution < -0.4 is 5.32 Å². The predicted octanol–water partition coefficient (Wildman–Crippen LogP) is 3.76. The number of thiazole rings is 1. The Balaban J connectivity index is 0.00000242. The summed E-state index contributed by atoms with van der Waals surface area (Å²) in [4.78, 5) is 10.2. The SMILES string of the molecule is CN=C(NCc1nccs1)N(C)Cc1c(F)cccc1Cl.I. The molecule has 4 nitrogen and oxygen atoms in total. The Morgan fingerprint density at radius 3 is 2.86 bits per heavy atom. The second-order valence-electron chi connectivity index (χ2n) is 4.38. The zero-order valence-electron chi connectivity index (χ0n) is 12.2. The van der Waals surface area contributed by atoms with Gasteiger partial charge < -0.3 is 10.2 Å². The van der Waals surface area contributed by atoms with Gasteiger partial charge in [-0.3, -0.25) is 4.99 Å². The Labute approximate surface area is 155 Å². The Hall–Kier alpha value is -0.930. The van der Waals surface area contributed by atoms with E-state index in [1.165, 1.54) is 6.07 Å². The average Bonchev–Trinajstić information content (AvgIpc) is 2.97. The van der Waals surface area contributed by atoms with Gasteiger partial charge in [-0.1, -0.05) is 17.7 Å². The van der Waals surface area contributed by atoms with Gasteiger partial charge in [0.1, 0.15) is 10.8 Å². The molecule has 0 saturated heterocycles. The highest BCUT2D eigenvalue weighted by Gasteiger charge is 2.12. The van der Waals surface area contributed by atoms with Gasteiger partial charge >= 0.3 is 0 Å². The Morgan fingerprint density at radius 2 is 2.27 bits per heavy atom. The third-order valence-corrected chi connectivity index (χ3v) is 4.05. The number of halogens is 3. The fraction of sp³-hybridized carbons (Fsp3) is 0.286. The van der Waals surface area contributed by atoms with Crippen LogP contribution in [-0.4, -0.2) is 29.9 Å². The maximum Gasteiger partial charge on any atom is 0.194 e. The Morgan fingerprint density at radius 1 is 1.50 bits per heavy atom. The van der Waals surface area contributed by atoms with Crippen molar-refractivity contribution in [3.8, 4) is 0 Å². The lowest BCUT2D eigenvalue weighted by Gasteiger charge is -2.22. The third kappa shape index (κ3) is 5.06. The highest BCUT2D eigenvalue weighted by atomic mass is 127. The number of nitrogens with zero attached hydrogens (tertiary/aromatic N) is 3. The van der Waals surface area contributed by atoms with Crippen molar-refractivity contribution in [2.24, 2.45) is 4.99 Å². The van der Waals surface area contributed by atoms with Gasteiger partial charge in [0.25, 0.3) is 0 Å². The first kappa shape index (κ1) is 19.1. The second kappa shape index (κ2) is 9.26. The monoisotopic (exact) mass is 454 g/mol. The van der Waals surface area contributed by atoms with Gasteiger partial charge in [0.2, 0.25) is 0 Å².